The summed E-state index contributed by atoms with van der Waals surface area (Å²) in [7, 11) is 3.01. The molecule has 0 spiro atoms. The Balaban J connectivity index is 1.62. The lowest BCUT2D eigenvalue weighted by Gasteiger charge is -2.07. The largest absolute Gasteiger partial charge is 0.504 e. The summed E-state index contributed by atoms with van der Waals surface area (Å²) in [5.41, 5.74) is 1.16. The quantitative estimate of drug-likeness (QED) is 0.503. The standard InChI is InChI=1S/C16H15N3O4S2/c1-22-11-7-9(3-4-10(11)20)17-13(21)8-24-16-19-15-12(25-16)5-6-14(18-15)23-2/h3-7,20H,8H2,1-2H3,(H,17,21). The Labute approximate surface area is 152 Å². The van der Waals surface area contributed by atoms with Crippen LogP contribution in [0.25, 0.3) is 10.3 Å². The number of methoxy groups -OCH3 is 2. The maximum absolute atomic E-state index is 12.1. The normalized spacial score (nSPS) is 10.6. The number of thioether (sulfide) groups is 1. The van der Waals surface area contributed by atoms with Crippen molar-refractivity contribution in [3.05, 3.63) is 30.3 Å². The number of nitrogens with one attached hydrogen (secondary N) is 1. The number of hydrogen-bond acceptors (Lipinski definition) is 8. The molecule has 0 aliphatic carbocycles. The van der Waals surface area contributed by atoms with Crippen LogP contribution in [0.4, 0.5) is 5.69 Å². The Bertz CT molecular complexity index is 914. The Kier molecular flexibility index (Phi) is 5.25. The number of ether oxygens (including phenoxy) is 2. The second-order valence-electron chi connectivity index (χ2n) is 4.88. The van der Waals surface area contributed by atoms with Gasteiger partial charge >= 0.3 is 0 Å². The van der Waals surface area contributed by atoms with Gasteiger partial charge in [-0.1, -0.05) is 11.8 Å². The Morgan fingerprint density at radius 3 is 2.84 bits per heavy atom. The summed E-state index contributed by atoms with van der Waals surface area (Å²) in [4.78, 5) is 20.8. The highest BCUT2D eigenvalue weighted by molar-refractivity contribution is 8.01. The number of carbonyl (C=O) groups is 1. The van der Waals surface area contributed by atoms with Crippen LogP contribution in [0.15, 0.2) is 34.7 Å². The van der Waals surface area contributed by atoms with E-state index in [2.05, 4.69) is 15.3 Å². The monoisotopic (exact) mass is 377 g/mol. The maximum Gasteiger partial charge on any atom is 0.234 e. The number of phenols is 1. The van der Waals surface area contributed by atoms with E-state index in [1.807, 2.05) is 6.07 Å². The molecule has 1 amide bonds. The van der Waals surface area contributed by atoms with Gasteiger partial charge in [0.15, 0.2) is 21.5 Å². The number of amides is 1. The van der Waals surface area contributed by atoms with Gasteiger partial charge in [-0.25, -0.2) is 4.98 Å². The predicted molar refractivity (Wildman–Crippen MR) is 98.0 cm³/mol. The molecular formula is C16H15N3O4S2. The van der Waals surface area contributed by atoms with E-state index in [1.54, 1.807) is 25.3 Å². The van der Waals surface area contributed by atoms with E-state index in [9.17, 15) is 9.90 Å². The summed E-state index contributed by atoms with van der Waals surface area (Å²) in [6.45, 7) is 0. The number of hydrogen-bond donors (Lipinski definition) is 2. The van der Waals surface area contributed by atoms with Crippen molar-refractivity contribution in [3.8, 4) is 17.4 Å². The van der Waals surface area contributed by atoms with Crippen LogP contribution < -0.4 is 14.8 Å². The molecule has 0 bridgehead atoms. The summed E-state index contributed by atoms with van der Waals surface area (Å²) in [6, 6.07) is 8.31. The lowest BCUT2D eigenvalue weighted by Crippen LogP contribution is -2.13. The van der Waals surface area contributed by atoms with Gasteiger partial charge < -0.3 is 19.9 Å². The summed E-state index contributed by atoms with van der Waals surface area (Å²) in [5, 5.41) is 12.3. The molecule has 25 heavy (non-hydrogen) atoms. The molecule has 130 valence electrons. The molecule has 3 aromatic rings. The average Bonchev–Trinajstić information content (AvgIpc) is 3.03. The van der Waals surface area contributed by atoms with Crippen LogP contribution in [-0.4, -0.2) is 41.0 Å². The smallest absolute Gasteiger partial charge is 0.234 e. The lowest BCUT2D eigenvalue weighted by molar-refractivity contribution is -0.113. The molecule has 7 nitrogen and oxygen atoms in total. The summed E-state index contributed by atoms with van der Waals surface area (Å²) in [5.74, 6) is 0.861. The van der Waals surface area contributed by atoms with Gasteiger partial charge in [-0.3, -0.25) is 4.79 Å². The molecule has 0 radical (unpaired) electrons. The fourth-order valence-corrected chi connectivity index (χ4v) is 3.83. The van der Waals surface area contributed by atoms with Gasteiger partial charge in [-0.15, -0.1) is 11.3 Å². The molecular weight excluding hydrogens is 362 g/mol. The van der Waals surface area contributed by atoms with Gasteiger partial charge in [0.2, 0.25) is 11.8 Å². The van der Waals surface area contributed by atoms with Crippen LogP contribution in [-0.2, 0) is 4.79 Å². The molecule has 2 N–H and O–H groups in total. The first kappa shape index (κ1) is 17.3. The number of anilines is 1. The van der Waals surface area contributed by atoms with Crippen LogP contribution in [0.5, 0.6) is 17.4 Å². The van der Waals surface area contributed by atoms with Crippen molar-refractivity contribution in [1.29, 1.82) is 0 Å². The van der Waals surface area contributed by atoms with Gasteiger partial charge in [0.25, 0.3) is 0 Å². The molecule has 0 unspecified atom stereocenters. The average molecular weight is 377 g/mol. The Morgan fingerprint density at radius 1 is 1.24 bits per heavy atom. The number of carbonyl (C=O) groups excluding carboxylic acids is 1. The van der Waals surface area contributed by atoms with E-state index in [0.29, 0.717) is 23.0 Å². The van der Waals surface area contributed by atoms with E-state index in [-0.39, 0.29) is 17.4 Å². The van der Waals surface area contributed by atoms with E-state index in [1.165, 1.54) is 36.3 Å². The second-order valence-corrected chi connectivity index (χ2v) is 7.13. The second kappa shape index (κ2) is 7.58. The highest BCUT2D eigenvalue weighted by Gasteiger charge is 2.11. The third kappa shape index (κ3) is 4.12. The zero-order valence-electron chi connectivity index (χ0n) is 13.5. The molecule has 0 aliphatic heterocycles. The number of aromatic nitrogens is 2. The zero-order valence-corrected chi connectivity index (χ0v) is 15.1. The Morgan fingerprint density at radius 2 is 2.08 bits per heavy atom. The first-order chi connectivity index (χ1) is 12.1. The van der Waals surface area contributed by atoms with Crippen LogP contribution >= 0.6 is 23.1 Å². The molecule has 0 fully saturated rings. The molecule has 2 aromatic heterocycles. The van der Waals surface area contributed by atoms with Gasteiger partial charge in [0.1, 0.15) is 0 Å². The SMILES string of the molecule is COc1ccc2sc(SCC(=O)Nc3ccc(O)c(OC)c3)nc2n1. The topological polar surface area (TPSA) is 93.6 Å². The molecule has 0 atom stereocenters. The fourth-order valence-electron chi connectivity index (χ4n) is 2.04. The van der Waals surface area contributed by atoms with E-state index < -0.39 is 0 Å². The first-order valence-electron chi connectivity index (χ1n) is 7.20. The molecule has 0 saturated carbocycles. The fraction of sp³-hybridized carbons (Fsp3) is 0.188. The number of fused-ring (bicyclic) bond motifs is 1. The van der Waals surface area contributed by atoms with Crippen molar-refractivity contribution in [2.24, 2.45) is 0 Å². The highest BCUT2D eigenvalue weighted by atomic mass is 32.2. The number of pyridine rings is 1. The van der Waals surface area contributed by atoms with Gasteiger partial charge in [0, 0.05) is 17.8 Å². The van der Waals surface area contributed by atoms with E-state index in [0.717, 1.165) is 9.04 Å². The minimum Gasteiger partial charge on any atom is -0.504 e. The van der Waals surface area contributed by atoms with Crippen LogP contribution in [0.2, 0.25) is 0 Å². The van der Waals surface area contributed by atoms with Crippen molar-refractivity contribution in [2.75, 3.05) is 25.3 Å². The van der Waals surface area contributed by atoms with Gasteiger partial charge in [-0.2, -0.15) is 4.98 Å². The van der Waals surface area contributed by atoms with Crippen molar-refractivity contribution in [2.45, 2.75) is 4.34 Å². The third-order valence-corrected chi connectivity index (χ3v) is 5.36. The third-order valence-electron chi connectivity index (χ3n) is 3.21. The van der Waals surface area contributed by atoms with Crippen LogP contribution in [0.1, 0.15) is 0 Å². The number of nitrogens with zero attached hydrogens (tertiary/aromatic N) is 2. The molecule has 9 heteroatoms. The number of aromatic hydroxyl groups is 1. The number of thiazole rings is 1. The molecule has 2 heterocycles. The van der Waals surface area contributed by atoms with Crippen molar-refractivity contribution < 1.29 is 19.4 Å². The Hall–Kier alpha value is -2.52. The van der Waals surface area contributed by atoms with Crippen molar-refractivity contribution in [3.63, 3.8) is 0 Å². The van der Waals surface area contributed by atoms with E-state index in [4.69, 9.17) is 9.47 Å². The number of phenolic OH excluding ortho intramolecular Hbond substituents is 1. The minimum absolute atomic E-state index is 0.0206. The summed E-state index contributed by atoms with van der Waals surface area (Å²) in [6.07, 6.45) is 0. The predicted octanol–water partition coefficient (Wildman–Crippen LogP) is 3.14. The molecule has 0 aliphatic rings. The molecule has 0 saturated heterocycles. The van der Waals surface area contributed by atoms with Crippen LogP contribution in [0, 0.1) is 0 Å². The van der Waals surface area contributed by atoms with Crippen LogP contribution in [0.3, 0.4) is 0 Å². The minimum atomic E-state index is -0.178. The highest BCUT2D eigenvalue weighted by Crippen LogP contribution is 2.31. The maximum atomic E-state index is 12.1. The molecule has 1 aromatic carbocycles. The molecule has 3 rings (SSSR count). The zero-order chi connectivity index (χ0) is 17.8. The van der Waals surface area contributed by atoms with Crippen molar-refractivity contribution >= 4 is 45.0 Å². The number of rotatable bonds is 6. The lowest BCUT2D eigenvalue weighted by atomic mass is 10.3. The summed E-state index contributed by atoms with van der Waals surface area (Å²) < 4.78 is 11.8. The van der Waals surface area contributed by atoms with E-state index >= 15 is 0 Å². The van der Waals surface area contributed by atoms with Crippen molar-refractivity contribution in [1.82, 2.24) is 9.97 Å². The van der Waals surface area contributed by atoms with Gasteiger partial charge in [0.05, 0.1) is 24.7 Å². The number of benzene rings is 1. The summed E-state index contributed by atoms with van der Waals surface area (Å²) >= 11 is 2.81. The first-order valence-corrected chi connectivity index (χ1v) is 9.00. The van der Waals surface area contributed by atoms with Gasteiger partial charge in [-0.05, 0) is 18.2 Å².